The minimum Gasteiger partial charge on any atom is -0.484 e. The zero-order chi connectivity index (χ0) is 25.8. The first-order valence-corrected chi connectivity index (χ1v) is 12.6. The third kappa shape index (κ3) is 5.73. The van der Waals surface area contributed by atoms with Crippen molar-refractivity contribution in [3.8, 4) is 5.75 Å². The van der Waals surface area contributed by atoms with Gasteiger partial charge in [0.25, 0.3) is 17.1 Å². The highest BCUT2D eigenvalue weighted by Crippen LogP contribution is 2.34. The quantitative estimate of drug-likeness (QED) is 0.292. The number of carbonyl (C=O) groups is 3. The van der Waals surface area contributed by atoms with Crippen molar-refractivity contribution < 1.29 is 19.1 Å². The molecule has 184 valence electrons. The van der Waals surface area contributed by atoms with Gasteiger partial charge in [-0.3, -0.25) is 19.3 Å². The number of amides is 3. The van der Waals surface area contributed by atoms with Crippen LogP contribution in [-0.2, 0) is 16.1 Å². The van der Waals surface area contributed by atoms with E-state index in [0.717, 1.165) is 44.9 Å². The second-order valence-electron chi connectivity index (χ2n) is 8.67. The number of nitrogens with zero attached hydrogens (tertiary/aromatic N) is 1. The molecule has 0 atom stereocenters. The molecule has 0 bridgehead atoms. The monoisotopic (exact) mass is 508 g/mol. The molecule has 0 aromatic heterocycles. The van der Waals surface area contributed by atoms with Crippen LogP contribution in [0.1, 0.15) is 16.7 Å². The molecule has 0 spiro atoms. The van der Waals surface area contributed by atoms with E-state index < -0.39 is 0 Å². The van der Waals surface area contributed by atoms with E-state index in [9.17, 15) is 14.4 Å². The van der Waals surface area contributed by atoms with Gasteiger partial charge in [0.1, 0.15) is 5.75 Å². The van der Waals surface area contributed by atoms with E-state index in [1.165, 1.54) is 4.90 Å². The number of thioether (sulfide) groups is 1. The fraction of sp³-hybridized carbons (Fsp3) is 0.100. The number of rotatable bonds is 7. The van der Waals surface area contributed by atoms with Gasteiger partial charge in [0.15, 0.2) is 6.61 Å². The molecule has 4 aromatic carbocycles. The Kier molecular flexibility index (Phi) is 7.05. The average Bonchev–Trinajstić information content (AvgIpc) is 3.17. The summed E-state index contributed by atoms with van der Waals surface area (Å²) < 4.78 is 5.59. The summed E-state index contributed by atoms with van der Waals surface area (Å²) in [5.74, 6) is -0.0312. The second-order valence-corrected chi connectivity index (χ2v) is 9.66. The number of para-hydroxylation sites is 1. The van der Waals surface area contributed by atoms with Crippen molar-refractivity contribution in [2.45, 2.75) is 13.5 Å². The molecule has 1 aliphatic heterocycles. The molecule has 0 saturated carbocycles. The van der Waals surface area contributed by atoms with Gasteiger partial charge in [-0.15, -0.1) is 0 Å². The Morgan fingerprint density at radius 2 is 1.65 bits per heavy atom. The van der Waals surface area contributed by atoms with Gasteiger partial charge in [-0.25, -0.2) is 0 Å². The molecular weight excluding hydrogens is 484 g/mol. The molecule has 0 aliphatic carbocycles. The molecule has 0 unspecified atom stereocenters. The normalized spacial score (nSPS) is 14.4. The summed E-state index contributed by atoms with van der Waals surface area (Å²) in [4.78, 5) is 39.4. The fourth-order valence-electron chi connectivity index (χ4n) is 4.02. The van der Waals surface area contributed by atoms with E-state index in [1.807, 2.05) is 73.7 Å². The SMILES string of the molecule is Cc1ccccc1NC(=O)COc1ccc(/C=C2\SC(=O)N(Cc3ccc4ccccc4c3)C2=O)cc1. The standard InChI is InChI=1S/C30H24N2O4S/c1-20-6-2-5-9-26(20)31-28(33)19-36-25-14-11-21(12-15-25)17-27-29(34)32(30(35)37-27)18-22-10-13-23-7-3-4-8-24(23)16-22/h2-17H,18-19H2,1H3,(H,31,33)/b27-17-. The second kappa shape index (κ2) is 10.7. The van der Waals surface area contributed by atoms with E-state index in [-0.39, 0.29) is 30.2 Å². The molecule has 1 fully saturated rings. The highest BCUT2D eigenvalue weighted by Gasteiger charge is 2.35. The van der Waals surface area contributed by atoms with Crippen molar-refractivity contribution in [2.24, 2.45) is 0 Å². The van der Waals surface area contributed by atoms with E-state index >= 15 is 0 Å². The van der Waals surface area contributed by atoms with Crippen LogP contribution in [0.3, 0.4) is 0 Å². The Bertz CT molecular complexity index is 1530. The molecule has 4 aromatic rings. The highest BCUT2D eigenvalue weighted by molar-refractivity contribution is 8.18. The number of imide groups is 1. The summed E-state index contributed by atoms with van der Waals surface area (Å²) in [6.07, 6.45) is 1.69. The maximum atomic E-state index is 13.0. The lowest BCUT2D eigenvalue weighted by molar-refractivity contribution is -0.123. The molecule has 6 nitrogen and oxygen atoms in total. The molecule has 7 heteroatoms. The number of fused-ring (bicyclic) bond motifs is 1. The lowest BCUT2D eigenvalue weighted by Gasteiger charge is -2.13. The van der Waals surface area contributed by atoms with Crippen LogP contribution < -0.4 is 10.1 Å². The Morgan fingerprint density at radius 1 is 0.919 bits per heavy atom. The van der Waals surface area contributed by atoms with Crippen LogP contribution >= 0.6 is 11.8 Å². The van der Waals surface area contributed by atoms with Crippen molar-refractivity contribution in [3.05, 3.63) is 113 Å². The minimum atomic E-state index is -0.309. The fourth-order valence-corrected chi connectivity index (χ4v) is 4.85. The lowest BCUT2D eigenvalue weighted by atomic mass is 10.1. The third-order valence-electron chi connectivity index (χ3n) is 6.00. The van der Waals surface area contributed by atoms with Crippen molar-refractivity contribution in [3.63, 3.8) is 0 Å². The number of carbonyl (C=O) groups excluding carboxylic acids is 3. The number of benzene rings is 4. The van der Waals surface area contributed by atoms with Crippen molar-refractivity contribution >= 4 is 51.4 Å². The van der Waals surface area contributed by atoms with Crippen molar-refractivity contribution in [1.29, 1.82) is 0 Å². The summed E-state index contributed by atoms with van der Waals surface area (Å²) in [7, 11) is 0. The summed E-state index contributed by atoms with van der Waals surface area (Å²) in [5, 5.41) is 4.72. The number of nitrogens with one attached hydrogen (secondary N) is 1. The van der Waals surface area contributed by atoms with Gasteiger partial charge in [-0.05, 0) is 76.5 Å². The molecular formula is C30H24N2O4S. The number of hydrogen-bond donors (Lipinski definition) is 1. The topological polar surface area (TPSA) is 75.7 Å². The van der Waals surface area contributed by atoms with Crippen molar-refractivity contribution in [2.75, 3.05) is 11.9 Å². The van der Waals surface area contributed by atoms with Gasteiger partial charge in [-0.1, -0.05) is 66.7 Å². The first-order valence-electron chi connectivity index (χ1n) is 11.8. The van der Waals surface area contributed by atoms with Crippen molar-refractivity contribution in [1.82, 2.24) is 4.90 Å². The van der Waals surface area contributed by atoms with Gasteiger partial charge in [0.05, 0.1) is 11.4 Å². The van der Waals surface area contributed by atoms with Gasteiger partial charge in [-0.2, -0.15) is 0 Å². The first kappa shape index (κ1) is 24.3. The van der Waals surface area contributed by atoms with Crippen LogP contribution in [0.5, 0.6) is 5.75 Å². The number of aryl methyl sites for hydroxylation is 1. The predicted octanol–water partition coefficient (Wildman–Crippen LogP) is 6.40. The van der Waals surface area contributed by atoms with E-state index in [4.69, 9.17) is 4.74 Å². The Hall–Kier alpha value is -4.36. The van der Waals surface area contributed by atoms with Crippen LogP contribution in [0, 0.1) is 6.92 Å². The molecule has 0 radical (unpaired) electrons. The number of anilines is 1. The Morgan fingerprint density at radius 3 is 2.43 bits per heavy atom. The summed E-state index contributed by atoms with van der Waals surface area (Å²) in [6.45, 7) is 2.03. The molecule has 5 rings (SSSR count). The maximum Gasteiger partial charge on any atom is 0.293 e. The van der Waals surface area contributed by atoms with Gasteiger partial charge in [0, 0.05) is 5.69 Å². The molecule has 1 aliphatic rings. The summed E-state index contributed by atoms with van der Waals surface area (Å²) >= 11 is 0.934. The largest absolute Gasteiger partial charge is 0.484 e. The van der Waals surface area contributed by atoms with Crippen LogP contribution in [0.15, 0.2) is 95.9 Å². The van der Waals surface area contributed by atoms with Crippen LogP contribution in [0.25, 0.3) is 16.8 Å². The van der Waals surface area contributed by atoms with Gasteiger partial charge < -0.3 is 10.1 Å². The molecule has 1 N–H and O–H groups in total. The number of ether oxygens (including phenoxy) is 1. The lowest BCUT2D eigenvalue weighted by Crippen LogP contribution is -2.27. The third-order valence-corrected chi connectivity index (χ3v) is 6.90. The maximum absolute atomic E-state index is 13.0. The summed E-state index contributed by atoms with van der Waals surface area (Å²) in [6, 6.07) is 28.5. The predicted molar refractivity (Wildman–Crippen MR) is 147 cm³/mol. The Balaban J connectivity index is 1.19. The zero-order valence-electron chi connectivity index (χ0n) is 20.1. The van der Waals surface area contributed by atoms with E-state index in [0.29, 0.717) is 10.7 Å². The van der Waals surface area contributed by atoms with Crippen LogP contribution in [0.2, 0.25) is 0 Å². The van der Waals surface area contributed by atoms with E-state index in [2.05, 4.69) is 5.32 Å². The van der Waals surface area contributed by atoms with Crippen LogP contribution in [-0.4, -0.2) is 28.6 Å². The molecule has 1 heterocycles. The smallest absolute Gasteiger partial charge is 0.293 e. The summed E-state index contributed by atoms with van der Waals surface area (Å²) in [5.41, 5.74) is 3.38. The first-order chi connectivity index (χ1) is 18.0. The molecule has 37 heavy (non-hydrogen) atoms. The average molecular weight is 509 g/mol. The van der Waals surface area contributed by atoms with Gasteiger partial charge in [0.2, 0.25) is 0 Å². The van der Waals surface area contributed by atoms with Crippen LogP contribution in [0.4, 0.5) is 10.5 Å². The Labute approximate surface area is 218 Å². The number of hydrogen-bond acceptors (Lipinski definition) is 5. The zero-order valence-corrected chi connectivity index (χ0v) is 21.0. The minimum absolute atomic E-state index is 0.124. The van der Waals surface area contributed by atoms with Gasteiger partial charge >= 0.3 is 0 Å². The van der Waals surface area contributed by atoms with E-state index in [1.54, 1.807) is 30.3 Å². The highest BCUT2D eigenvalue weighted by atomic mass is 32.2. The molecule has 1 saturated heterocycles. The molecule has 3 amide bonds.